The van der Waals surface area contributed by atoms with Crippen LogP contribution in [-0.4, -0.2) is 27.6 Å². The molecule has 0 bridgehead atoms. The number of nitrogens with one attached hydrogen (secondary N) is 1. The maximum Gasteiger partial charge on any atom is 0.305 e. The van der Waals surface area contributed by atoms with Crippen molar-refractivity contribution in [2.75, 3.05) is 6.26 Å². The monoisotopic (exact) mass is 336 g/mol. The number of carbonyl (C=O) groups excluding carboxylic acids is 1. The van der Waals surface area contributed by atoms with Gasteiger partial charge in [-0.15, -0.1) is 11.8 Å². The number of thioether (sulfide) groups is 1. The van der Waals surface area contributed by atoms with Gasteiger partial charge in [0.1, 0.15) is 0 Å². The predicted molar refractivity (Wildman–Crippen MR) is 87.5 cm³/mol. The van der Waals surface area contributed by atoms with E-state index >= 15 is 0 Å². The SMILES string of the molecule is CSc1ccc(C(CC(=O)O)NC(=O)c2csnc2C)cc1. The topological polar surface area (TPSA) is 79.3 Å². The van der Waals surface area contributed by atoms with Crippen LogP contribution in [-0.2, 0) is 4.79 Å². The smallest absolute Gasteiger partial charge is 0.305 e. The van der Waals surface area contributed by atoms with Crippen LogP contribution in [0.3, 0.4) is 0 Å². The number of amides is 1. The van der Waals surface area contributed by atoms with Gasteiger partial charge in [-0.25, -0.2) is 0 Å². The predicted octanol–water partition coefficient (Wildman–Crippen LogP) is 3.12. The number of aromatic nitrogens is 1. The van der Waals surface area contributed by atoms with Crippen molar-refractivity contribution in [2.24, 2.45) is 0 Å². The van der Waals surface area contributed by atoms with Crippen molar-refractivity contribution in [3.8, 4) is 0 Å². The first-order valence-corrected chi connectivity index (χ1v) is 8.65. The van der Waals surface area contributed by atoms with Crippen molar-refractivity contribution in [3.63, 3.8) is 0 Å². The molecular formula is C15H16N2O3S2. The summed E-state index contributed by atoms with van der Waals surface area (Å²) in [5.41, 5.74) is 1.91. The average molecular weight is 336 g/mol. The van der Waals surface area contributed by atoms with Crippen LogP contribution in [0.2, 0.25) is 0 Å². The number of carboxylic acid groups (broad SMARTS) is 1. The van der Waals surface area contributed by atoms with Crippen LogP contribution in [0.4, 0.5) is 0 Å². The largest absolute Gasteiger partial charge is 0.481 e. The summed E-state index contributed by atoms with van der Waals surface area (Å²) in [6, 6.07) is 6.95. The molecule has 0 aliphatic carbocycles. The Hall–Kier alpha value is -1.86. The number of hydrogen-bond acceptors (Lipinski definition) is 5. The van der Waals surface area contributed by atoms with Crippen molar-refractivity contribution in [1.82, 2.24) is 9.69 Å². The molecule has 2 aromatic rings. The van der Waals surface area contributed by atoms with Crippen LogP contribution in [0.25, 0.3) is 0 Å². The first-order valence-electron chi connectivity index (χ1n) is 6.59. The molecule has 2 N–H and O–H groups in total. The number of carbonyl (C=O) groups is 2. The summed E-state index contributed by atoms with van der Waals surface area (Å²) in [6.07, 6.45) is 1.80. The van der Waals surface area contributed by atoms with E-state index in [0.29, 0.717) is 11.3 Å². The van der Waals surface area contributed by atoms with Gasteiger partial charge in [0.15, 0.2) is 0 Å². The Morgan fingerprint density at radius 2 is 2.05 bits per heavy atom. The number of rotatable bonds is 6. The van der Waals surface area contributed by atoms with E-state index in [9.17, 15) is 9.59 Å². The van der Waals surface area contributed by atoms with E-state index in [1.54, 1.807) is 24.1 Å². The fourth-order valence-corrected chi connectivity index (χ4v) is 3.11. The third-order valence-electron chi connectivity index (χ3n) is 3.20. The lowest BCUT2D eigenvalue weighted by atomic mass is 10.0. The van der Waals surface area contributed by atoms with Crippen molar-refractivity contribution >= 4 is 35.2 Å². The summed E-state index contributed by atoms with van der Waals surface area (Å²) in [4.78, 5) is 24.4. The molecule has 116 valence electrons. The van der Waals surface area contributed by atoms with Crippen LogP contribution in [0, 0.1) is 6.92 Å². The molecule has 0 radical (unpaired) electrons. The van der Waals surface area contributed by atoms with Crippen LogP contribution in [0.5, 0.6) is 0 Å². The Morgan fingerprint density at radius 1 is 1.36 bits per heavy atom. The minimum atomic E-state index is -0.959. The Bertz CT molecular complexity index is 668. The molecule has 1 amide bonds. The summed E-state index contributed by atoms with van der Waals surface area (Å²) in [5, 5.41) is 13.5. The highest BCUT2D eigenvalue weighted by atomic mass is 32.2. The highest BCUT2D eigenvalue weighted by molar-refractivity contribution is 7.98. The molecule has 0 spiro atoms. The molecule has 0 saturated heterocycles. The number of aryl methyl sites for hydroxylation is 1. The zero-order valence-corrected chi connectivity index (χ0v) is 13.8. The van der Waals surface area contributed by atoms with Crippen LogP contribution < -0.4 is 5.32 Å². The Balaban J connectivity index is 2.20. The summed E-state index contributed by atoms with van der Waals surface area (Å²) >= 11 is 2.81. The lowest BCUT2D eigenvalue weighted by molar-refractivity contribution is -0.137. The zero-order chi connectivity index (χ0) is 16.1. The van der Waals surface area contributed by atoms with E-state index in [0.717, 1.165) is 10.5 Å². The average Bonchev–Trinajstić information content (AvgIpc) is 2.92. The number of hydrogen-bond donors (Lipinski definition) is 2. The third-order valence-corrected chi connectivity index (χ3v) is 4.66. The molecule has 1 aromatic carbocycles. The van der Waals surface area contributed by atoms with Gasteiger partial charge in [0.25, 0.3) is 5.91 Å². The Kier molecular flexibility index (Phi) is 5.57. The van der Waals surface area contributed by atoms with Crippen LogP contribution in [0.15, 0.2) is 34.5 Å². The second-order valence-corrected chi connectivity index (χ2v) is 6.22. The van der Waals surface area contributed by atoms with Crippen LogP contribution in [0.1, 0.15) is 34.1 Å². The molecule has 0 saturated carbocycles. The maximum absolute atomic E-state index is 12.3. The fraction of sp³-hybridized carbons (Fsp3) is 0.267. The second-order valence-electron chi connectivity index (χ2n) is 4.71. The molecule has 0 aliphatic rings. The minimum absolute atomic E-state index is 0.166. The van der Waals surface area contributed by atoms with E-state index in [1.807, 2.05) is 30.5 Å². The van der Waals surface area contributed by atoms with Crippen molar-refractivity contribution < 1.29 is 14.7 Å². The van der Waals surface area contributed by atoms with Gasteiger partial charge in [-0.3, -0.25) is 9.59 Å². The van der Waals surface area contributed by atoms with Crippen molar-refractivity contribution in [2.45, 2.75) is 24.3 Å². The lowest BCUT2D eigenvalue weighted by Crippen LogP contribution is -2.30. The van der Waals surface area contributed by atoms with Gasteiger partial charge in [0.2, 0.25) is 0 Å². The van der Waals surface area contributed by atoms with E-state index in [-0.39, 0.29) is 12.3 Å². The van der Waals surface area contributed by atoms with Crippen LogP contribution >= 0.6 is 23.3 Å². The molecule has 2 rings (SSSR count). The lowest BCUT2D eigenvalue weighted by Gasteiger charge is -2.17. The third kappa shape index (κ3) is 4.08. The summed E-state index contributed by atoms with van der Waals surface area (Å²) in [5.74, 6) is -1.26. The second kappa shape index (κ2) is 7.42. The Labute approximate surface area is 136 Å². The quantitative estimate of drug-likeness (QED) is 0.792. The molecule has 1 heterocycles. The van der Waals surface area contributed by atoms with Gasteiger partial charge in [0, 0.05) is 10.3 Å². The summed E-state index contributed by atoms with van der Waals surface area (Å²) < 4.78 is 4.06. The fourth-order valence-electron chi connectivity index (χ4n) is 2.01. The van der Waals surface area contributed by atoms with Gasteiger partial charge >= 0.3 is 5.97 Å². The molecule has 22 heavy (non-hydrogen) atoms. The molecule has 0 fully saturated rings. The molecule has 5 nitrogen and oxygen atoms in total. The zero-order valence-electron chi connectivity index (χ0n) is 12.2. The van der Waals surface area contributed by atoms with Gasteiger partial charge in [0.05, 0.1) is 23.7 Å². The Morgan fingerprint density at radius 3 is 2.55 bits per heavy atom. The van der Waals surface area contributed by atoms with Gasteiger partial charge in [-0.05, 0) is 42.4 Å². The normalized spacial score (nSPS) is 11.9. The van der Waals surface area contributed by atoms with Gasteiger partial charge < -0.3 is 10.4 Å². The molecule has 0 aliphatic heterocycles. The van der Waals surface area contributed by atoms with E-state index in [1.165, 1.54) is 11.5 Å². The van der Waals surface area contributed by atoms with E-state index in [2.05, 4.69) is 9.69 Å². The number of carboxylic acids is 1. The van der Waals surface area contributed by atoms with Crippen molar-refractivity contribution in [3.05, 3.63) is 46.5 Å². The molecule has 1 atom stereocenters. The number of nitrogens with zero attached hydrogens (tertiary/aromatic N) is 1. The maximum atomic E-state index is 12.3. The molecule has 7 heteroatoms. The molecule has 1 aromatic heterocycles. The summed E-state index contributed by atoms with van der Waals surface area (Å²) in [7, 11) is 0. The minimum Gasteiger partial charge on any atom is -0.481 e. The number of aliphatic carboxylic acids is 1. The van der Waals surface area contributed by atoms with Crippen molar-refractivity contribution in [1.29, 1.82) is 0 Å². The molecular weight excluding hydrogens is 320 g/mol. The van der Waals surface area contributed by atoms with Gasteiger partial charge in [-0.2, -0.15) is 4.37 Å². The van der Waals surface area contributed by atoms with Gasteiger partial charge in [-0.1, -0.05) is 12.1 Å². The van der Waals surface area contributed by atoms with E-state index < -0.39 is 12.0 Å². The first-order chi connectivity index (χ1) is 10.5. The standard InChI is InChI=1S/C15H16N2O3S2/c1-9-12(8-22-17-9)15(20)16-13(7-14(18)19)10-3-5-11(21-2)6-4-10/h3-6,8,13H,7H2,1-2H3,(H,16,20)(H,18,19). The number of benzene rings is 1. The van der Waals surface area contributed by atoms with E-state index in [4.69, 9.17) is 5.11 Å². The highest BCUT2D eigenvalue weighted by Crippen LogP contribution is 2.22. The first kappa shape index (κ1) is 16.5. The summed E-state index contributed by atoms with van der Waals surface area (Å²) in [6.45, 7) is 1.75. The highest BCUT2D eigenvalue weighted by Gasteiger charge is 2.20. The molecule has 1 unspecified atom stereocenters.